The summed E-state index contributed by atoms with van der Waals surface area (Å²) in [4.78, 5) is 27.9. The molecule has 0 saturated heterocycles. The van der Waals surface area contributed by atoms with Crippen LogP contribution in [0.1, 0.15) is 23.3 Å². The number of rotatable bonds is 6. The molecule has 1 N–H and O–H groups in total. The zero-order valence-corrected chi connectivity index (χ0v) is 15.7. The normalized spacial score (nSPS) is 18.2. The first-order valence-electron chi connectivity index (χ1n) is 9.31. The van der Waals surface area contributed by atoms with E-state index in [9.17, 15) is 9.59 Å². The molecule has 1 atom stereocenters. The van der Waals surface area contributed by atoms with Crippen molar-refractivity contribution in [3.8, 4) is 0 Å². The second kappa shape index (κ2) is 7.35. The van der Waals surface area contributed by atoms with Gasteiger partial charge in [-0.2, -0.15) is 0 Å². The minimum absolute atomic E-state index is 0.0503. The van der Waals surface area contributed by atoms with Crippen LogP contribution >= 0.6 is 0 Å². The molecule has 0 spiro atoms. The number of hydrogen-bond donors (Lipinski definition) is 1. The zero-order chi connectivity index (χ0) is 19.6. The van der Waals surface area contributed by atoms with Crippen molar-refractivity contribution in [3.63, 3.8) is 0 Å². The number of amides is 2. The van der Waals surface area contributed by atoms with Gasteiger partial charge in [-0.3, -0.25) is 9.59 Å². The summed E-state index contributed by atoms with van der Waals surface area (Å²) in [6.45, 7) is 0.304. The van der Waals surface area contributed by atoms with Gasteiger partial charge >= 0.3 is 0 Å². The summed E-state index contributed by atoms with van der Waals surface area (Å²) in [5.74, 6) is 0.456. The Hall–Kier alpha value is -3.34. The fraction of sp³-hybridized carbons (Fsp3) is 0.217. The average Bonchev–Trinajstić information content (AvgIpc) is 3.31. The lowest BCUT2D eigenvalue weighted by Crippen LogP contribution is -2.44. The molecule has 0 fully saturated rings. The minimum atomic E-state index is -0.917. The van der Waals surface area contributed by atoms with Gasteiger partial charge in [-0.05, 0) is 35.7 Å². The highest BCUT2D eigenvalue weighted by molar-refractivity contribution is 6.09. The van der Waals surface area contributed by atoms with Gasteiger partial charge in [-0.1, -0.05) is 48.5 Å². The highest BCUT2D eigenvalue weighted by Crippen LogP contribution is 2.45. The molecule has 0 bridgehead atoms. The van der Waals surface area contributed by atoms with Gasteiger partial charge in [0.1, 0.15) is 5.76 Å². The van der Waals surface area contributed by atoms with Crippen LogP contribution in [0.3, 0.4) is 0 Å². The third-order valence-corrected chi connectivity index (χ3v) is 5.35. The van der Waals surface area contributed by atoms with Crippen LogP contribution in [-0.2, 0) is 28.0 Å². The highest BCUT2D eigenvalue weighted by Gasteiger charge is 2.50. The Morgan fingerprint density at radius 2 is 1.79 bits per heavy atom. The number of anilines is 1. The standard InChI is InChI=1S/C23H22N2O3/c1-25-20-12-6-5-11-19(20)23(22(25)27,14-17-8-3-2-4-9-17)15-21(26)24-16-18-10-7-13-28-18/h2-13H,14-16H2,1H3,(H,24,26)/t23-/m1/s1. The molecule has 142 valence electrons. The van der Waals surface area contributed by atoms with Crippen LogP contribution in [0.25, 0.3) is 0 Å². The van der Waals surface area contributed by atoms with E-state index in [-0.39, 0.29) is 18.2 Å². The van der Waals surface area contributed by atoms with E-state index < -0.39 is 5.41 Å². The molecule has 1 aliphatic heterocycles. The zero-order valence-electron chi connectivity index (χ0n) is 15.7. The van der Waals surface area contributed by atoms with Crippen LogP contribution in [-0.4, -0.2) is 18.9 Å². The lowest BCUT2D eigenvalue weighted by Gasteiger charge is -2.28. The van der Waals surface area contributed by atoms with Crippen molar-refractivity contribution in [1.29, 1.82) is 0 Å². The van der Waals surface area contributed by atoms with Gasteiger partial charge < -0.3 is 14.6 Å². The molecule has 5 nitrogen and oxygen atoms in total. The molecule has 4 rings (SSSR count). The van der Waals surface area contributed by atoms with Crippen molar-refractivity contribution < 1.29 is 14.0 Å². The summed E-state index contributed by atoms with van der Waals surface area (Å²) in [6.07, 6.45) is 2.13. The molecule has 2 amide bonds. The molecule has 28 heavy (non-hydrogen) atoms. The summed E-state index contributed by atoms with van der Waals surface area (Å²) >= 11 is 0. The van der Waals surface area contributed by atoms with E-state index in [1.807, 2.05) is 60.7 Å². The van der Waals surface area contributed by atoms with Gasteiger partial charge in [-0.25, -0.2) is 0 Å². The van der Waals surface area contributed by atoms with E-state index in [1.54, 1.807) is 24.3 Å². The van der Waals surface area contributed by atoms with Gasteiger partial charge in [0.05, 0.1) is 18.2 Å². The quantitative estimate of drug-likeness (QED) is 0.719. The Labute approximate surface area is 164 Å². The van der Waals surface area contributed by atoms with Gasteiger partial charge in [-0.15, -0.1) is 0 Å². The maximum absolute atomic E-state index is 13.4. The molecule has 2 heterocycles. The van der Waals surface area contributed by atoms with Crippen molar-refractivity contribution in [3.05, 3.63) is 89.9 Å². The number of nitrogens with one attached hydrogen (secondary N) is 1. The van der Waals surface area contributed by atoms with Crippen molar-refractivity contribution >= 4 is 17.5 Å². The second-order valence-electron chi connectivity index (χ2n) is 7.16. The number of fused-ring (bicyclic) bond motifs is 1. The third-order valence-electron chi connectivity index (χ3n) is 5.35. The largest absolute Gasteiger partial charge is 0.467 e. The predicted molar refractivity (Wildman–Crippen MR) is 107 cm³/mol. The van der Waals surface area contributed by atoms with Crippen molar-refractivity contribution in [2.75, 3.05) is 11.9 Å². The molecule has 1 aliphatic rings. The molecular formula is C23H22N2O3. The number of carbonyl (C=O) groups excluding carboxylic acids is 2. The minimum Gasteiger partial charge on any atom is -0.467 e. The Kier molecular flexibility index (Phi) is 4.74. The monoisotopic (exact) mass is 374 g/mol. The number of benzene rings is 2. The van der Waals surface area contributed by atoms with Crippen LogP contribution in [0.5, 0.6) is 0 Å². The Morgan fingerprint density at radius 1 is 1.04 bits per heavy atom. The Balaban J connectivity index is 1.66. The Morgan fingerprint density at radius 3 is 2.54 bits per heavy atom. The molecule has 5 heteroatoms. The van der Waals surface area contributed by atoms with E-state index in [4.69, 9.17) is 4.42 Å². The first-order chi connectivity index (χ1) is 13.6. The summed E-state index contributed by atoms with van der Waals surface area (Å²) < 4.78 is 5.28. The molecular weight excluding hydrogens is 352 g/mol. The first-order valence-corrected chi connectivity index (χ1v) is 9.31. The van der Waals surface area contributed by atoms with E-state index in [2.05, 4.69) is 5.32 Å². The molecule has 2 aromatic carbocycles. The molecule has 0 aliphatic carbocycles. The third kappa shape index (κ3) is 3.20. The van der Waals surface area contributed by atoms with Crippen LogP contribution in [0, 0.1) is 0 Å². The maximum atomic E-state index is 13.4. The van der Waals surface area contributed by atoms with Crippen LogP contribution in [0.15, 0.2) is 77.4 Å². The Bertz CT molecular complexity index is 982. The lowest BCUT2D eigenvalue weighted by molar-refractivity contribution is -0.129. The number of furan rings is 1. The molecule has 0 saturated carbocycles. The van der Waals surface area contributed by atoms with E-state index in [0.29, 0.717) is 18.7 Å². The number of likely N-dealkylation sites (N-methyl/N-ethyl adjacent to an activating group) is 1. The fourth-order valence-electron chi connectivity index (χ4n) is 4.00. The number of carbonyl (C=O) groups is 2. The van der Waals surface area contributed by atoms with Gasteiger partial charge in [0.15, 0.2) is 0 Å². The molecule has 1 aromatic heterocycles. The number of nitrogens with zero attached hydrogens (tertiary/aromatic N) is 1. The molecule has 3 aromatic rings. The van der Waals surface area contributed by atoms with Gasteiger partial charge in [0.25, 0.3) is 0 Å². The highest BCUT2D eigenvalue weighted by atomic mass is 16.3. The van der Waals surface area contributed by atoms with Gasteiger partial charge in [0.2, 0.25) is 11.8 Å². The van der Waals surface area contributed by atoms with Crippen molar-refractivity contribution in [1.82, 2.24) is 5.32 Å². The summed E-state index contributed by atoms with van der Waals surface area (Å²) in [6, 6.07) is 21.2. The van der Waals surface area contributed by atoms with Crippen molar-refractivity contribution in [2.45, 2.75) is 24.8 Å². The smallest absolute Gasteiger partial charge is 0.238 e. The fourth-order valence-corrected chi connectivity index (χ4v) is 4.00. The van der Waals surface area contributed by atoms with Crippen LogP contribution in [0.4, 0.5) is 5.69 Å². The van der Waals surface area contributed by atoms with Crippen LogP contribution < -0.4 is 10.2 Å². The predicted octanol–water partition coefficient (Wildman–Crippen LogP) is 3.44. The maximum Gasteiger partial charge on any atom is 0.238 e. The second-order valence-corrected chi connectivity index (χ2v) is 7.16. The number of para-hydroxylation sites is 1. The average molecular weight is 374 g/mol. The van der Waals surface area contributed by atoms with Gasteiger partial charge in [0, 0.05) is 19.2 Å². The molecule has 0 radical (unpaired) electrons. The lowest BCUT2D eigenvalue weighted by atomic mass is 9.73. The first kappa shape index (κ1) is 18.0. The molecule has 0 unspecified atom stereocenters. The van der Waals surface area contributed by atoms with E-state index in [0.717, 1.165) is 16.8 Å². The van der Waals surface area contributed by atoms with E-state index >= 15 is 0 Å². The van der Waals surface area contributed by atoms with Crippen molar-refractivity contribution in [2.24, 2.45) is 0 Å². The topological polar surface area (TPSA) is 62.6 Å². The number of hydrogen-bond acceptors (Lipinski definition) is 3. The van der Waals surface area contributed by atoms with Crippen LogP contribution in [0.2, 0.25) is 0 Å². The SMILES string of the molecule is CN1C(=O)[C@@](CC(=O)NCc2ccco2)(Cc2ccccc2)c2ccccc21. The summed E-state index contributed by atoms with van der Waals surface area (Å²) in [5, 5.41) is 2.89. The van der Waals surface area contributed by atoms with E-state index in [1.165, 1.54) is 0 Å². The summed E-state index contributed by atoms with van der Waals surface area (Å²) in [7, 11) is 1.77. The summed E-state index contributed by atoms with van der Waals surface area (Å²) in [5.41, 5.74) is 1.88.